The first-order chi connectivity index (χ1) is 11.2. The Kier molecular flexibility index (Phi) is 4.99. The lowest BCUT2D eigenvalue weighted by Gasteiger charge is -2.08. The van der Waals surface area contributed by atoms with E-state index in [4.69, 9.17) is 0 Å². The lowest BCUT2D eigenvalue weighted by atomic mass is 10.1. The van der Waals surface area contributed by atoms with Crippen LogP contribution in [0.3, 0.4) is 0 Å². The second-order valence-corrected chi connectivity index (χ2v) is 6.06. The third kappa shape index (κ3) is 3.94. The maximum Gasteiger partial charge on any atom is 0.300 e. The number of hydrogen-bond donors (Lipinski definition) is 3. The molecule has 1 aromatic carbocycles. The summed E-state index contributed by atoms with van der Waals surface area (Å²) in [4.78, 5) is 24.2. The van der Waals surface area contributed by atoms with Crippen LogP contribution in [0.1, 0.15) is 16.8 Å². The van der Waals surface area contributed by atoms with Crippen molar-refractivity contribution in [1.82, 2.24) is 19.9 Å². The molecule has 1 aliphatic rings. The van der Waals surface area contributed by atoms with Gasteiger partial charge in [-0.3, -0.25) is 18.9 Å². The predicted molar refractivity (Wildman–Crippen MR) is 92.4 cm³/mol. The lowest BCUT2D eigenvalue weighted by molar-refractivity contribution is 0.0951. The minimum Gasteiger partial charge on any atom is -0.345 e. The average molecular weight is 330 g/mol. The maximum atomic E-state index is 12.2. The number of nitrogens with one attached hydrogen (secondary N) is 3. The van der Waals surface area contributed by atoms with Gasteiger partial charge in [0.1, 0.15) is 0 Å². The summed E-state index contributed by atoms with van der Waals surface area (Å²) in [6, 6.07) is 7.40. The molecule has 23 heavy (non-hydrogen) atoms. The predicted octanol–water partition coefficient (Wildman–Crippen LogP) is 2.08. The second-order valence-electron chi connectivity index (χ2n) is 5.12. The van der Waals surface area contributed by atoms with Gasteiger partial charge < -0.3 is 10.6 Å². The van der Waals surface area contributed by atoms with Crippen LogP contribution in [0.2, 0.25) is 0 Å². The molecule has 3 N–H and O–H groups in total. The van der Waals surface area contributed by atoms with Crippen LogP contribution in [0, 0.1) is 0 Å². The van der Waals surface area contributed by atoms with Crippen molar-refractivity contribution < 1.29 is 9.59 Å². The van der Waals surface area contributed by atoms with Crippen molar-refractivity contribution in [3.8, 4) is 0 Å². The van der Waals surface area contributed by atoms with Gasteiger partial charge in [-0.15, -0.1) is 0 Å². The number of hydrogen-bond acceptors (Lipinski definition) is 4. The van der Waals surface area contributed by atoms with Crippen LogP contribution in [0.25, 0.3) is 10.9 Å². The molecule has 0 radical (unpaired) electrons. The molecule has 0 unspecified atom stereocenters. The maximum absolute atomic E-state index is 12.2. The molecule has 2 amide bonds. The Labute approximate surface area is 138 Å². The van der Waals surface area contributed by atoms with Gasteiger partial charge in [0.05, 0.1) is 24.1 Å². The van der Waals surface area contributed by atoms with Gasteiger partial charge in [0, 0.05) is 30.2 Å². The zero-order valence-electron chi connectivity index (χ0n) is 12.5. The standard InChI is InChI=1S/C16H18N4O2S/c21-15-13-5-4-12-6-9-20(14(12)10-13)23-16(22)18-8-3-1-2-7-17-11-19-15/h1-2,4-6,9-10,17H,3,7-8,11H2,(H,18,22)(H,19,21)/b2-1+. The van der Waals surface area contributed by atoms with Crippen molar-refractivity contribution in [1.29, 1.82) is 0 Å². The zero-order valence-corrected chi connectivity index (χ0v) is 13.4. The molecule has 7 heteroatoms. The number of fused-ring (bicyclic) bond motifs is 1. The van der Waals surface area contributed by atoms with Crippen LogP contribution in [0.5, 0.6) is 0 Å². The number of rotatable bonds is 0. The summed E-state index contributed by atoms with van der Waals surface area (Å²) in [6.45, 7) is 1.68. The second kappa shape index (κ2) is 7.34. The Bertz CT molecular complexity index is 754. The molecule has 0 aliphatic carbocycles. The van der Waals surface area contributed by atoms with E-state index >= 15 is 0 Å². The summed E-state index contributed by atoms with van der Waals surface area (Å²) in [5.41, 5.74) is 1.42. The molecule has 120 valence electrons. The van der Waals surface area contributed by atoms with Gasteiger partial charge in [0.15, 0.2) is 0 Å². The van der Waals surface area contributed by atoms with Gasteiger partial charge in [-0.2, -0.15) is 0 Å². The fourth-order valence-electron chi connectivity index (χ4n) is 2.31. The molecule has 2 bridgehead atoms. The Balaban J connectivity index is 1.88. The third-order valence-electron chi connectivity index (χ3n) is 3.48. The summed E-state index contributed by atoms with van der Waals surface area (Å²) in [7, 11) is 0. The number of nitrogens with zero attached hydrogens (tertiary/aromatic N) is 1. The highest BCUT2D eigenvalue weighted by Crippen LogP contribution is 2.22. The zero-order chi connectivity index (χ0) is 16.1. The quantitative estimate of drug-likeness (QED) is 0.647. The minimum atomic E-state index is -0.141. The highest BCUT2D eigenvalue weighted by atomic mass is 32.2. The average Bonchev–Trinajstić information content (AvgIpc) is 2.94. The summed E-state index contributed by atoms with van der Waals surface area (Å²) in [5, 5.41) is 9.68. The van der Waals surface area contributed by atoms with E-state index in [0.717, 1.165) is 29.3 Å². The van der Waals surface area contributed by atoms with E-state index in [9.17, 15) is 9.59 Å². The monoisotopic (exact) mass is 330 g/mol. The summed E-state index contributed by atoms with van der Waals surface area (Å²) in [6.07, 6.45) is 6.59. The van der Waals surface area contributed by atoms with Gasteiger partial charge in [0.25, 0.3) is 11.1 Å². The Morgan fingerprint density at radius 2 is 2.00 bits per heavy atom. The van der Waals surface area contributed by atoms with Gasteiger partial charge in [-0.05, 0) is 24.6 Å². The van der Waals surface area contributed by atoms with E-state index < -0.39 is 0 Å². The first-order valence-electron chi connectivity index (χ1n) is 7.45. The molecule has 0 atom stereocenters. The topological polar surface area (TPSA) is 75.2 Å². The lowest BCUT2D eigenvalue weighted by Crippen LogP contribution is -2.33. The highest BCUT2D eigenvalue weighted by Gasteiger charge is 2.11. The van der Waals surface area contributed by atoms with Crippen molar-refractivity contribution in [3.63, 3.8) is 0 Å². The van der Waals surface area contributed by atoms with Crippen LogP contribution in [-0.4, -0.2) is 34.9 Å². The van der Waals surface area contributed by atoms with E-state index in [1.807, 2.05) is 30.5 Å². The summed E-state index contributed by atoms with van der Waals surface area (Å²) >= 11 is 1.08. The van der Waals surface area contributed by atoms with Crippen LogP contribution in [-0.2, 0) is 0 Å². The van der Waals surface area contributed by atoms with E-state index in [1.54, 1.807) is 16.1 Å². The minimum absolute atomic E-state index is 0.115. The van der Waals surface area contributed by atoms with Crippen LogP contribution >= 0.6 is 11.9 Å². The molecule has 1 aromatic heterocycles. The molecule has 2 heterocycles. The van der Waals surface area contributed by atoms with E-state index in [2.05, 4.69) is 16.0 Å². The van der Waals surface area contributed by atoms with Crippen molar-refractivity contribution in [3.05, 3.63) is 48.2 Å². The first-order valence-corrected chi connectivity index (χ1v) is 8.22. The van der Waals surface area contributed by atoms with Crippen LogP contribution in [0.15, 0.2) is 42.6 Å². The largest absolute Gasteiger partial charge is 0.345 e. The van der Waals surface area contributed by atoms with Crippen LogP contribution < -0.4 is 16.0 Å². The smallest absolute Gasteiger partial charge is 0.300 e. The van der Waals surface area contributed by atoms with Gasteiger partial charge in [-0.1, -0.05) is 18.2 Å². The number of benzene rings is 1. The van der Waals surface area contributed by atoms with Crippen LogP contribution in [0.4, 0.5) is 4.79 Å². The fourth-order valence-corrected chi connectivity index (χ4v) is 3.03. The number of aromatic nitrogens is 1. The van der Waals surface area contributed by atoms with E-state index in [1.165, 1.54) is 0 Å². The normalized spacial score (nSPS) is 18.6. The van der Waals surface area contributed by atoms with Gasteiger partial charge in [-0.25, -0.2) is 0 Å². The molecule has 0 saturated heterocycles. The van der Waals surface area contributed by atoms with Crippen molar-refractivity contribution in [2.45, 2.75) is 6.42 Å². The molecule has 1 aliphatic heterocycles. The third-order valence-corrected chi connectivity index (χ3v) is 4.31. The molecule has 0 saturated carbocycles. The number of carbonyl (C=O) groups is 2. The summed E-state index contributed by atoms with van der Waals surface area (Å²) in [5.74, 6) is -0.141. The first kappa shape index (κ1) is 15.6. The molecular weight excluding hydrogens is 312 g/mol. The van der Waals surface area contributed by atoms with Gasteiger partial charge >= 0.3 is 0 Å². The Morgan fingerprint density at radius 1 is 1.09 bits per heavy atom. The molecule has 2 aromatic rings. The van der Waals surface area contributed by atoms with E-state index in [0.29, 0.717) is 25.3 Å². The molecule has 3 rings (SSSR count). The summed E-state index contributed by atoms with van der Waals surface area (Å²) < 4.78 is 1.78. The molecule has 0 spiro atoms. The number of carbonyl (C=O) groups excluding carboxylic acids is 2. The van der Waals surface area contributed by atoms with Crippen molar-refractivity contribution in [2.75, 3.05) is 19.8 Å². The highest BCUT2D eigenvalue weighted by molar-refractivity contribution is 8.12. The Morgan fingerprint density at radius 3 is 2.91 bits per heavy atom. The Hall–Kier alpha value is -2.25. The fraction of sp³-hybridized carbons (Fsp3) is 0.250. The SMILES string of the molecule is O=C1NCC/C=C/CNCNC(=O)c2ccc3ccn(c3c2)S1. The molecule has 6 nitrogen and oxygen atoms in total. The van der Waals surface area contributed by atoms with Crippen molar-refractivity contribution in [2.24, 2.45) is 0 Å². The van der Waals surface area contributed by atoms with Crippen molar-refractivity contribution >= 4 is 34.0 Å². The van der Waals surface area contributed by atoms with Gasteiger partial charge in [0.2, 0.25) is 0 Å². The van der Waals surface area contributed by atoms with E-state index in [-0.39, 0.29) is 11.1 Å². The molecule has 0 fully saturated rings. The molecular formula is C16H18N4O2S. The number of amides is 2.